The van der Waals surface area contributed by atoms with Gasteiger partial charge in [0.2, 0.25) is 0 Å². The summed E-state index contributed by atoms with van der Waals surface area (Å²) >= 11 is 0. The second kappa shape index (κ2) is 5.03. The zero-order valence-electron chi connectivity index (χ0n) is 3.26. The van der Waals surface area contributed by atoms with Gasteiger partial charge in [0.15, 0.2) is 0 Å². The van der Waals surface area contributed by atoms with Crippen LogP contribution in [0.1, 0.15) is 0 Å². The molecule has 1 nitrogen and oxygen atoms in total. The molecule has 0 aliphatic carbocycles. The minimum Gasteiger partial charge on any atom is -0.260 e. The van der Waals surface area contributed by atoms with E-state index in [-0.39, 0.29) is 26.2 Å². The summed E-state index contributed by atoms with van der Waals surface area (Å²) in [5, 5.41) is 0. The van der Waals surface area contributed by atoms with Crippen molar-refractivity contribution in [2.24, 2.45) is 0 Å². The summed E-state index contributed by atoms with van der Waals surface area (Å²) in [5.74, 6) is 0. The van der Waals surface area contributed by atoms with Crippen LogP contribution >= 0.6 is 0 Å². The van der Waals surface area contributed by atoms with E-state index in [0.717, 1.165) is 0 Å². The average Bonchev–Trinajstić information content (AvgIpc) is 0.811. The second-order valence-corrected chi connectivity index (χ2v) is 2.22. The molecule has 0 unspecified atom stereocenters. The molecule has 0 atom stereocenters. The predicted octanol–water partition coefficient (Wildman–Crippen LogP) is -0.386. The molecule has 31 valence electrons. The van der Waals surface area contributed by atoms with Crippen LogP contribution in [-0.4, -0.2) is 42.9 Å². The molecule has 0 aromatic rings. The molecule has 5 heavy (non-hydrogen) atoms. The van der Waals surface area contributed by atoms with E-state index in [0.29, 0.717) is 0 Å². The molecular formula is C2H6BiOS. The Morgan fingerprint density at radius 2 is 1.40 bits per heavy atom. The molecule has 3 radical (unpaired) electrons. The van der Waals surface area contributed by atoms with Gasteiger partial charge in [-0.15, -0.1) is 0 Å². The Morgan fingerprint density at radius 1 is 1.40 bits per heavy atom. The molecule has 0 spiro atoms. The van der Waals surface area contributed by atoms with Gasteiger partial charge in [-0.25, -0.2) is 0 Å². The molecule has 0 fully saturated rings. The van der Waals surface area contributed by atoms with Gasteiger partial charge in [-0.1, -0.05) is 0 Å². The summed E-state index contributed by atoms with van der Waals surface area (Å²) in [6.45, 7) is 0. The third-order valence-corrected chi connectivity index (χ3v) is 0. The number of hydrogen-bond donors (Lipinski definition) is 0. The van der Waals surface area contributed by atoms with E-state index in [1.807, 2.05) is 0 Å². The first kappa shape index (κ1) is 9.40. The van der Waals surface area contributed by atoms with E-state index in [9.17, 15) is 4.21 Å². The van der Waals surface area contributed by atoms with Crippen molar-refractivity contribution in [2.75, 3.05) is 12.5 Å². The number of hydrogen-bond acceptors (Lipinski definition) is 1. The average molecular weight is 287 g/mol. The van der Waals surface area contributed by atoms with Gasteiger partial charge in [0, 0.05) is 49.5 Å². The maximum atomic E-state index is 9.56. The zero-order chi connectivity index (χ0) is 3.58. The molecule has 0 rings (SSSR count). The van der Waals surface area contributed by atoms with Crippen molar-refractivity contribution in [3.05, 3.63) is 0 Å². The van der Waals surface area contributed by atoms with Crippen LogP contribution in [0.3, 0.4) is 0 Å². The summed E-state index contributed by atoms with van der Waals surface area (Å²) in [7, 11) is -0.611. The SMILES string of the molecule is CS(C)=O.[Bi]. The first-order chi connectivity index (χ1) is 1.73. The Bertz CT molecular complexity index is 32.6. The van der Waals surface area contributed by atoms with Crippen LogP contribution in [0.2, 0.25) is 0 Å². The van der Waals surface area contributed by atoms with Crippen LogP contribution in [0.15, 0.2) is 0 Å². The third-order valence-electron chi connectivity index (χ3n) is 0. The molecule has 0 aromatic heterocycles. The van der Waals surface area contributed by atoms with E-state index in [4.69, 9.17) is 0 Å². The van der Waals surface area contributed by atoms with Crippen LogP contribution in [0.4, 0.5) is 0 Å². The van der Waals surface area contributed by atoms with E-state index in [2.05, 4.69) is 0 Å². The second-order valence-electron chi connectivity index (χ2n) is 0.742. The Hall–Kier alpha value is 1.03. The Morgan fingerprint density at radius 3 is 1.40 bits per heavy atom. The Labute approximate surface area is 53.7 Å². The van der Waals surface area contributed by atoms with E-state index >= 15 is 0 Å². The van der Waals surface area contributed by atoms with Gasteiger partial charge in [0.1, 0.15) is 0 Å². The molecule has 0 aliphatic rings. The van der Waals surface area contributed by atoms with Gasteiger partial charge in [-0.3, -0.25) is 4.21 Å². The van der Waals surface area contributed by atoms with Crippen molar-refractivity contribution < 1.29 is 4.21 Å². The van der Waals surface area contributed by atoms with Crippen molar-refractivity contribution in [1.82, 2.24) is 0 Å². The molecule has 0 heterocycles. The van der Waals surface area contributed by atoms with Crippen molar-refractivity contribution in [3.8, 4) is 0 Å². The zero-order valence-corrected chi connectivity index (χ0v) is 7.56. The van der Waals surface area contributed by atoms with Crippen molar-refractivity contribution in [3.63, 3.8) is 0 Å². The van der Waals surface area contributed by atoms with Crippen LogP contribution in [-0.2, 0) is 10.8 Å². The number of rotatable bonds is 0. The van der Waals surface area contributed by atoms with E-state index in [1.54, 1.807) is 12.5 Å². The standard InChI is InChI=1S/C2H6OS.Bi/c1-4(2)3;/h1-2H3;. The Kier molecular flexibility index (Phi) is 9.46. The first-order valence-corrected chi connectivity index (χ1v) is 2.95. The van der Waals surface area contributed by atoms with Gasteiger partial charge >= 0.3 is 0 Å². The molecular weight excluding hydrogens is 281 g/mol. The van der Waals surface area contributed by atoms with Gasteiger partial charge in [-0.05, 0) is 0 Å². The first-order valence-electron chi connectivity index (χ1n) is 0.983. The fourth-order valence-corrected chi connectivity index (χ4v) is 0. The quantitative estimate of drug-likeness (QED) is 0.555. The largest absolute Gasteiger partial charge is 0.260 e. The summed E-state index contributed by atoms with van der Waals surface area (Å²) < 4.78 is 9.56. The summed E-state index contributed by atoms with van der Waals surface area (Å²) in [6.07, 6.45) is 3.28. The van der Waals surface area contributed by atoms with E-state index < -0.39 is 10.8 Å². The maximum absolute atomic E-state index is 9.56. The summed E-state index contributed by atoms with van der Waals surface area (Å²) in [6, 6.07) is 0. The van der Waals surface area contributed by atoms with Crippen LogP contribution in [0, 0.1) is 0 Å². The molecule has 0 aliphatic heterocycles. The molecule has 0 saturated heterocycles. The molecule has 0 saturated carbocycles. The third kappa shape index (κ3) is 43.4. The minimum absolute atomic E-state index is 0. The fraction of sp³-hybridized carbons (Fsp3) is 1.00. The fourth-order valence-electron chi connectivity index (χ4n) is 0. The van der Waals surface area contributed by atoms with Gasteiger partial charge in [0.25, 0.3) is 0 Å². The summed E-state index contributed by atoms with van der Waals surface area (Å²) in [5.41, 5.74) is 0. The van der Waals surface area contributed by atoms with Crippen molar-refractivity contribution in [1.29, 1.82) is 0 Å². The van der Waals surface area contributed by atoms with Crippen LogP contribution in [0.25, 0.3) is 0 Å². The monoisotopic (exact) mass is 287 g/mol. The predicted molar refractivity (Wildman–Crippen MR) is 25.7 cm³/mol. The maximum Gasteiger partial charge on any atom is 0.0148 e. The molecule has 0 aromatic carbocycles. The Balaban J connectivity index is 0. The van der Waals surface area contributed by atoms with Gasteiger partial charge < -0.3 is 0 Å². The normalized spacial score (nSPS) is 7.00. The topological polar surface area (TPSA) is 17.1 Å². The van der Waals surface area contributed by atoms with Crippen LogP contribution in [0.5, 0.6) is 0 Å². The molecule has 3 heteroatoms. The van der Waals surface area contributed by atoms with Crippen molar-refractivity contribution in [2.45, 2.75) is 0 Å². The van der Waals surface area contributed by atoms with Crippen LogP contribution < -0.4 is 0 Å². The van der Waals surface area contributed by atoms with Crippen molar-refractivity contribution >= 4 is 37.0 Å². The van der Waals surface area contributed by atoms with Gasteiger partial charge in [-0.2, -0.15) is 0 Å². The molecule has 0 bridgehead atoms. The smallest absolute Gasteiger partial charge is 0.0148 e. The van der Waals surface area contributed by atoms with Gasteiger partial charge in [0.05, 0.1) is 0 Å². The molecule has 0 N–H and O–H groups in total. The van der Waals surface area contributed by atoms with E-state index in [1.165, 1.54) is 0 Å². The molecule has 0 amide bonds. The minimum atomic E-state index is -0.611. The summed E-state index contributed by atoms with van der Waals surface area (Å²) in [4.78, 5) is 0.